The Labute approximate surface area is 139 Å². The van der Waals surface area contributed by atoms with Gasteiger partial charge in [0.1, 0.15) is 11.2 Å². The number of rotatable bonds is 4. The number of likely N-dealkylation sites (tertiary alicyclic amines) is 1. The summed E-state index contributed by atoms with van der Waals surface area (Å²) in [6.45, 7) is 13.7. The zero-order valence-electron chi connectivity index (χ0n) is 15.4. The second-order valence-electron chi connectivity index (χ2n) is 8.21. The Morgan fingerprint density at radius 2 is 1.70 bits per heavy atom. The minimum atomic E-state index is -0.487. The highest BCUT2D eigenvalue weighted by molar-refractivity contribution is 5.72. The Kier molecular flexibility index (Phi) is 6.86. The van der Waals surface area contributed by atoms with Crippen LogP contribution in [0.2, 0.25) is 0 Å². The third kappa shape index (κ3) is 9.43. The quantitative estimate of drug-likeness (QED) is 0.803. The molecule has 0 radical (unpaired) electrons. The molecule has 1 atom stereocenters. The van der Waals surface area contributed by atoms with Crippen LogP contribution in [0.1, 0.15) is 54.4 Å². The molecule has 0 bridgehead atoms. The van der Waals surface area contributed by atoms with E-state index in [0.717, 1.165) is 25.9 Å². The lowest BCUT2D eigenvalue weighted by Gasteiger charge is -2.33. The predicted octanol–water partition coefficient (Wildman–Crippen LogP) is 2.56. The molecule has 0 saturated carbocycles. The van der Waals surface area contributed by atoms with Crippen LogP contribution in [0.15, 0.2) is 0 Å². The topological polar surface area (TPSA) is 67.9 Å². The minimum absolute atomic E-state index is 0.196. The van der Waals surface area contributed by atoms with Crippen LogP contribution in [0, 0.1) is 5.92 Å². The van der Waals surface area contributed by atoms with Gasteiger partial charge in [-0.15, -0.1) is 0 Å². The van der Waals surface area contributed by atoms with Crippen molar-refractivity contribution in [1.82, 2.24) is 10.2 Å². The number of carbonyl (C=O) groups is 2. The van der Waals surface area contributed by atoms with E-state index in [-0.39, 0.29) is 12.1 Å². The largest absolute Gasteiger partial charge is 0.459 e. The zero-order chi connectivity index (χ0) is 17.7. The summed E-state index contributed by atoms with van der Waals surface area (Å²) in [5, 5.41) is 2.82. The van der Waals surface area contributed by atoms with E-state index < -0.39 is 11.2 Å². The number of hydrogen-bond acceptors (Lipinski definition) is 5. The van der Waals surface area contributed by atoms with Gasteiger partial charge in [0.25, 0.3) is 0 Å². The smallest absolute Gasteiger partial charge is 0.407 e. The number of alkyl carbamates (subject to hydrolysis) is 1. The lowest BCUT2D eigenvalue weighted by molar-refractivity contribution is -0.156. The zero-order valence-corrected chi connectivity index (χ0v) is 15.4. The average molecular weight is 328 g/mol. The molecular formula is C17H32N2O4. The second-order valence-corrected chi connectivity index (χ2v) is 8.21. The van der Waals surface area contributed by atoms with Gasteiger partial charge >= 0.3 is 12.1 Å². The van der Waals surface area contributed by atoms with E-state index in [1.54, 1.807) is 0 Å². The fourth-order valence-corrected chi connectivity index (χ4v) is 2.56. The number of amides is 1. The third-order valence-electron chi connectivity index (χ3n) is 3.31. The van der Waals surface area contributed by atoms with Crippen molar-refractivity contribution in [3.05, 3.63) is 0 Å². The number of piperidine rings is 1. The predicted molar refractivity (Wildman–Crippen MR) is 89.2 cm³/mol. The summed E-state index contributed by atoms with van der Waals surface area (Å²) in [5.41, 5.74) is -0.941. The molecule has 1 heterocycles. The molecule has 23 heavy (non-hydrogen) atoms. The molecule has 0 aliphatic carbocycles. The van der Waals surface area contributed by atoms with Crippen LogP contribution in [-0.4, -0.2) is 54.3 Å². The van der Waals surface area contributed by atoms with Crippen molar-refractivity contribution >= 4 is 12.1 Å². The van der Waals surface area contributed by atoms with Crippen LogP contribution in [0.3, 0.4) is 0 Å². The number of esters is 1. The molecule has 1 fully saturated rings. The summed E-state index contributed by atoms with van der Waals surface area (Å²) in [4.78, 5) is 25.7. The Morgan fingerprint density at radius 1 is 1.09 bits per heavy atom. The summed E-state index contributed by atoms with van der Waals surface area (Å²) in [6.07, 6.45) is 1.67. The summed E-state index contributed by atoms with van der Waals surface area (Å²) in [6, 6.07) is 0. The standard InChI is InChI=1S/C17H32N2O4/c1-16(2,3)22-14(20)12-19-9-7-8-13(11-19)10-18-15(21)23-17(4,5)6/h13H,7-12H2,1-6H3,(H,18,21). The molecule has 1 unspecified atom stereocenters. The molecule has 6 nitrogen and oxygen atoms in total. The van der Waals surface area contributed by atoms with Crippen molar-refractivity contribution < 1.29 is 19.1 Å². The van der Waals surface area contributed by atoms with Gasteiger partial charge in [0.05, 0.1) is 6.54 Å². The molecule has 0 spiro atoms. The lowest BCUT2D eigenvalue weighted by Crippen LogP contribution is -2.44. The number of ether oxygens (including phenoxy) is 2. The molecule has 1 rings (SSSR count). The molecule has 0 aromatic rings. The van der Waals surface area contributed by atoms with Gasteiger partial charge in [0, 0.05) is 13.1 Å². The van der Waals surface area contributed by atoms with Gasteiger partial charge < -0.3 is 14.8 Å². The molecular weight excluding hydrogens is 296 g/mol. The lowest BCUT2D eigenvalue weighted by atomic mass is 9.98. The molecule has 134 valence electrons. The van der Waals surface area contributed by atoms with Gasteiger partial charge in [-0.05, 0) is 66.8 Å². The summed E-state index contributed by atoms with van der Waals surface area (Å²) in [7, 11) is 0. The van der Waals surface area contributed by atoms with Gasteiger partial charge in [0.2, 0.25) is 0 Å². The molecule has 1 amide bonds. The SMILES string of the molecule is CC(C)(C)OC(=O)CN1CCCC(CNC(=O)OC(C)(C)C)C1. The number of hydrogen-bond donors (Lipinski definition) is 1. The first kappa shape index (κ1) is 19.7. The van der Waals surface area contributed by atoms with Crippen molar-refractivity contribution in [3.63, 3.8) is 0 Å². The van der Waals surface area contributed by atoms with Crippen LogP contribution in [0.4, 0.5) is 4.79 Å². The van der Waals surface area contributed by atoms with E-state index in [1.807, 2.05) is 41.5 Å². The summed E-state index contributed by atoms with van der Waals surface area (Å²) >= 11 is 0. The summed E-state index contributed by atoms with van der Waals surface area (Å²) < 4.78 is 10.6. The van der Waals surface area contributed by atoms with E-state index >= 15 is 0 Å². The minimum Gasteiger partial charge on any atom is -0.459 e. The number of nitrogens with zero attached hydrogens (tertiary/aromatic N) is 1. The first-order chi connectivity index (χ1) is 10.4. The molecule has 0 aromatic heterocycles. The number of carbonyl (C=O) groups excluding carboxylic acids is 2. The maximum atomic E-state index is 11.9. The molecule has 0 aromatic carbocycles. The van der Waals surface area contributed by atoms with Gasteiger partial charge in [-0.1, -0.05) is 0 Å². The average Bonchev–Trinajstić information content (AvgIpc) is 2.32. The third-order valence-corrected chi connectivity index (χ3v) is 3.31. The Morgan fingerprint density at radius 3 is 2.26 bits per heavy atom. The summed E-state index contributed by atoms with van der Waals surface area (Å²) in [5.74, 6) is 0.136. The van der Waals surface area contributed by atoms with Crippen LogP contribution in [0.25, 0.3) is 0 Å². The first-order valence-corrected chi connectivity index (χ1v) is 8.36. The first-order valence-electron chi connectivity index (χ1n) is 8.36. The van der Waals surface area contributed by atoms with Crippen LogP contribution < -0.4 is 5.32 Å². The Hall–Kier alpha value is -1.30. The normalized spacial score (nSPS) is 20.0. The highest BCUT2D eigenvalue weighted by Crippen LogP contribution is 2.17. The van der Waals surface area contributed by atoms with E-state index in [0.29, 0.717) is 19.0 Å². The van der Waals surface area contributed by atoms with Gasteiger partial charge in [-0.3, -0.25) is 9.69 Å². The second kappa shape index (κ2) is 7.99. The Bertz CT molecular complexity index is 410. The van der Waals surface area contributed by atoms with Crippen molar-refractivity contribution in [1.29, 1.82) is 0 Å². The molecule has 1 N–H and O–H groups in total. The van der Waals surface area contributed by atoms with Gasteiger partial charge in [-0.2, -0.15) is 0 Å². The molecule has 1 aliphatic heterocycles. The molecule has 6 heteroatoms. The van der Waals surface area contributed by atoms with Crippen LogP contribution in [-0.2, 0) is 14.3 Å². The Balaban J connectivity index is 2.34. The van der Waals surface area contributed by atoms with Crippen molar-refractivity contribution in [2.24, 2.45) is 5.92 Å². The van der Waals surface area contributed by atoms with Gasteiger partial charge in [0.15, 0.2) is 0 Å². The van der Waals surface area contributed by atoms with E-state index in [4.69, 9.17) is 9.47 Å². The highest BCUT2D eigenvalue weighted by atomic mass is 16.6. The van der Waals surface area contributed by atoms with Crippen molar-refractivity contribution in [2.75, 3.05) is 26.2 Å². The highest BCUT2D eigenvalue weighted by Gasteiger charge is 2.25. The van der Waals surface area contributed by atoms with Crippen LogP contribution in [0.5, 0.6) is 0 Å². The van der Waals surface area contributed by atoms with Gasteiger partial charge in [-0.25, -0.2) is 4.79 Å². The maximum Gasteiger partial charge on any atom is 0.407 e. The van der Waals surface area contributed by atoms with E-state index in [9.17, 15) is 9.59 Å². The van der Waals surface area contributed by atoms with Crippen LogP contribution >= 0.6 is 0 Å². The number of nitrogens with one attached hydrogen (secondary N) is 1. The van der Waals surface area contributed by atoms with E-state index in [1.165, 1.54) is 0 Å². The fourth-order valence-electron chi connectivity index (χ4n) is 2.56. The fraction of sp³-hybridized carbons (Fsp3) is 0.882. The monoisotopic (exact) mass is 328 g/mol. The van der Waals surface area contributed by atoms with Crippen molar-refractivity contribution in [2.45, 2.75) is 65.6 Å². The molecule has 1 saturated heterocycles. The van der Waals surface area contributed by atoms with Crippen molar-refractivity contribution in [3.8, 4) is 0 Å². The maximum absolute atomic E-state index is 11.9. The van der Waals surface area contributed by atoms with E-state index in [2.05, 4.69) is 10.2 Å². The molecule has 1 aliphatic rings.